The minimum atomic E-state index is -1.04. The zero-order valence-corrected chi connectivity index (χ0v) is 18.5. The van der Waals surface area contributed by atoms with Crippen LogP contribution in [0.3, 0.4) is 0 Å². The third-order valence-corrected chi connectivity index (χ3v) is 5.82. The molecule has 8 heteroatoms. The number of amides is 3. The Balaban J connectivity index is 1.79. The number of carbonyl (C=O) groups excluding carboxylic acids is 2. The molecule has 1 N–H and O–H groups in total. The summed E-state index contributed by atoms with van der Waals surface area (Å²) in [6, 6.07) is 5.65. The number of hydrogen-bond donors (Lipinski definition) is 1. The van der Waals surface area contributed by atoms with Crippen LogP contribution in [0.25, 0.3) is 0 Å². The highest BCUT2D eigenvalue weighted by Gasteiger charge is 2.40. The van der Waals surface area contributed by atoms with E-state index in [1.165, 1.54) is 9.80 Å². The molecule has 0 aliphatic carbocycles. The minimum Gasteiger partial charge on any atom is -0.465 e. The molecular formula is C22H31N3O5. The zero-order chi connectivity index (χ0) is 22.4. The maximum atomic E-state index is 12.5. The number of nitrogens with zero attached hydrogens (tertiary/aromatic N) is 3. The Bertz CT molecular complexity index is 855. The van der Waals surface area contributed by atoms with Gasteiger partial charge in [-0.3, -0.25) is 14.6 Å². The van der Waals surface area contributed by atoms with E-state index in [4.69, 9.17) is 4.74 Å². The number of carboxylic acid groups (broad SMARTS) is 1. The van der Waals surface area contributed by atoms with Crippen LogP contribution < -0.4 is 9.80 Å². The van der Waals surface area contributed by atoms with Crippen LogP contribution in [0.4, 0.5) is 21.0 Å². The van der Waals surface area contributed by atoms with Crippen molar-refractivity contribution in [2.45, 2.75) is 65.6 Å². The third kappa shape index (κ3) is 4.08. The smallest absolute Gasteiger partial charge is 0.414 e. The van der Waals surface area contributed by atoms with E-state index in [1.54, 1.807) is 25.7 Å². The van der Waals surface area contributed by atoms with Gasteiger partial charge in [-0.1, -0.05) is 20.8 Å². The molecule has 2 atom stereocenters. The highest BCUT2D eigenvalue weighted by atomic mass is 16.6. The van der Waals surface area contributed by atoms with Gasteiger partial charge in [0.1, 0.15) is 6.10 Å². The first-order valence-electron chi connectivity index (χ1n) is 10.2. The molecule has 164 valence electrons. The fraction of sp³-hybridized carbons (Fsp3) is 0.591. The molecule has 1 aromatic rings. The molecule has 3 rings (SSSR count). The lowest BCUT2D eigenvalue weighted by molar-refractivity contribution is -0.108. The molecule has 2 aliphatic heterocycles. The quantitative estimate of drug-likeness (QED) is 0.754. The van der Waals surface area contributed by atoms with Crippen molar-refractivity contribution in [3.8, 4) is 0 Å². The van der Waals surface area contributed by atoms with E-state index < -0.39 is 23.8 Å². The number of carbonyl (C=O) groups is 3. The maximum absolute atomic E-state index is 12.5. The van der Waals surface area contributed by atoms with Crippen molar-refractivity contribution in [1.29, 1.82) is 0 Å². The number of fused-ring (bicyclic) bond motifs is 1. The van der Waals surface area contributed by atoms with Crippen molar-refractivity contribution in [2.75, 3.05) is 22.9 Å². The first kappa shape index (κ1) is 21.9. The van der Waals surface area contributed by atoms with Gasteiger partial charge in [0.15, 0.2) is 0 Å². The Morgan fingerprint density at radius 3 is 2.47 bits per heavy atom. The molecule has 3 amide bonds. The Kier molecular flexibility index (Phi) is 5.47. The summed E-state index contributed by atoms with van der Waals surface area (Å²) >= 11 is 0. The summed E-state index contributed by atoms with van der Waals surface area (Å²) in [5.74, 6) is 0. The lowest BCUT2D eigenvalue weighted by Crippen LogP contribution is -2.49. The van der Waals surface area contributed by atoms with Gasteiger partial charge in [0.2, 0.25) is 6.41 Å². The largest absolute Gasteiger partial charge is 0.465 e. The lowest BCUT2D eigenvalue weighted by Gasteiger charge is -2.34. The number of anilines is 2. The molecule has 8 nitrogen and oxygen atoms in total. The van der Waals surface area contributed by atoms with Crippen LogP contribution in [0.1, 0.15) is 47.1 Å². The van der Waals surface area contributed by atoms with Crippen LogP contribution >= 0.6 is 0 Å². The standard InChI is InChI=1S/C22H31N3O5/c1-21(2,3)18-10-14-9-15(7-8-17(14)24(18)13-26)23-11-16(30-20(23)29)12-25(19(27)28)22(4,5)6/h7-9,13,16,18H,10-12H2,1-6H3,(H,27,28)/t16-,18?/m0/s1. The van der Waals surface area contributed by atoms with Crippen molar-refractivity contribution in [3.63, 3.8) is 0 Å². The van der Waals surface area contributed by atoms with Gasteiger partial charge >= 0.3 is 12.2 Å². The molecule has 1 saturated heterocycles. The topological polar surface area (TPSA) is 90.4 Å². The predicted molar refractivity (Wildman–Crippen MR) is 114 cm³/mol. The van der Waals surface area contributed by atoms with Gasteiger partial charge in [0.05, 0.1) is 13.1 Å². The molecule has 1 aromatic carbocycles. The van der Waals surface area contributed by atoms with Crippen LogP contribution in [0, 0.1) is 5.41 Å². The highest BCUT2D eigenvalue weighted by Crippen LogP contribution is 2.41. The molecule has 1 fully saturated rings. The molecule has 2 aliphatic rings. The lowest BCUT2D eigenvalue weighted by atomic mass is 9.84. The Hall–Kier alpha value is -2.77. The minimum absolute atomic E-state index is 0.0504. The normalized spacial score (nSPS) is 21.5. The van der Waals surface area contributed by atoms with E-state index in [1.807, 2.05) is 18.2 Å². The van der Waals surface area contributed by atoms with Crippen LogP contribution in [0.2, 0.25) is 0 Å². The Morgan fingerprint density at radius 2 is 1.93 bits per heavy atom. The van der Waals surface area contributed by atoms with Gasteiger partial charge in [-0.15, -0.1) is 0 Å². The maximum Gasteiger partial charge on any atom is 0.414 e. The van der Waals surface area contributed by atoms with Crippen LogP contribution in [0.5, 0.6) is 0 Å². The molecule has 0 bridgehead atoms. The SMILES string of the molecule is CC(C)(C)C1Cc2cc(N3C[C@@H](CN(C(=O)O)C(C)(C)C)OC3=O)ccc2N1C=O. The number of rotatable bonds is 4. The first-order valence-corrected chi connectivity index (χ1v) is 10.2. The number of cyclic esters (lactones) is 1. The van der Waals surface area contributed by atoms with Crippen LogP contribution in [-0.4, -0.2) is 59.4 Å². The Labute approximate surface area is 177 Å². The molecule has 0 aromatic heterocycles. The summed E-state index contributed by atoms with van der Waals surface area (Å²) in [5, 5.41) is 9.50. The van der Waals surface area contributed by atoms with Crippen molar-refractivity contribution in [2.24, 2.45) is 5.41 Å². The number of ether oxygens (including phenoxy) is 1. The van der Waals surface area contributed by atoms with E-state index in [0.29, 0.717) is 12.1 Å². The molecular weight excluding hydrogens is 386 g/mol. The average molecular weight is 418 g/mol. The second-order valence-corrected chi connectivity index (χ2v) is 10.1. The summed E-state index contributed by atoms with van der Waals surface area (Å²) in [5.41, 5.74) is 1.89. The van der Waals surface area contributed by atoms with E-state index >= 15 is 0 Å². The van der Waals surface area contributed by atoms with Gasteiger partial charge in [-0.25, -0.2) is 9.59 Å². The zero-order valence-electron chi connectivity index (χ0n) is 18.5. The highest BCUT2D eigenvalue weighted by molar-refractivity contribution is 5.91. The number of benzene rings is 1. The second-order valence-electron chi connectivity index (χ2n) is 10.1. The third-order valence-electron chi connectivity index (χ3n) is 5.82. The summed E-state index contributed by atoms with van der Waals surface area (Å²) in [4.78, 5) is 40.4. The van der Waals surface area contributed by atoms with E-state index in [2.05, 4.69) is 20.8 Å². The molecule has 0 spiro atoms. The summed E-state index contributed by atoms with van der Waals surface area (Å²) in [6.45, 7) is 12.1. The van der Waals surface area contributed by atoms with Gasteiger partial charge in [0.25, 0.3) is 0 Å². The van der Waals surface area contributed by atoms with Crippen molar-refractivity contribution < 1.29 is 24.2 Å². The number of hydrogen-bond acceptors (Lipinski definition) is 4. The molecule has 30 heavy (non-hydrogen) atoms. The van der Waals surface area contributed by atoms with E-state index in [9.17, 15) is 19.5 Å². The molecule has 0 radical (unpaired) electrons. The Morgan fingerprint density at radius 1 is 1.27 bits per heavy atom. The first-order chi connectivity index (χ1) is 13.8. The van der Waals surface area contributed by atoms with Gasteiger partial charge < -0.3 is 14.7 Å². The average Bonchev–Trinajstić information content (AvgIpc) is 3.17. The van der Waals surface area contributed by atoms with Crippen molar-refractivity contribution in [1.82, 2.24) is 4.90 Å². The van der Waals surface area contributed by atoms with E-state index in [0.717, 1.165) is 17.7 Å². The summed E-state index contributed by atoms with van der Waals surface area (Å²) < 4.78 is 5.46. The predicted octanol–water partition coefficient (Wildman–Crippen LogP) is 3.72. The van der Waals surface area contributed by atoms with Crippen molar-refractivity contribution >= 4 is 30.0 Å². The molecule has 0 saturated carbocycles. The van der Waals surface area contributed by atoms with E-state index in [-0.39, 0.29) is 24.5 Å². The van der Waals surface area contributed by atoms with Crippen molar-refractivity contribution in [3.05, 3.63) is 23.8 Å². The molecule has 1 unspecified atom stereocenters. The summed E-state index contributed by atoms with van der Waals surface area (Å²) in [7, 11) is 0. The second kappa shape index (κ2) is 7.49. The molecule has 2 heterocycles. The summed E-state index contributed by atoms with van der Waals surface area (Å²) in [6.07, 6.45) is -0.494. The fourth-order valence-electron chi connectivity index (χ4n) is 4.15. The van der Waals surface area contributed by atoms with Crippen LogP contribution in [0.15, 0.2) is 18.2 Å². The van der Waals surface area contributed by atoms with Gasteiger partial charge in [0, 0.05) is 23.0 Å². The van der Waals surface area contributed by atoms with Gasteiger partial charge in [-0.2, -0.15) is 0 Å². The monoisotopic (exact) mass is 417 g/mol. The van der Waals surface area contributed by atoms with Gasteiger partial charge in [-0.05, 0) is 56.4 Å². The van der Waals surface area contributed by atoms with Crippen LogP contribution in [-0.2, 0) is 16.0 Å². The fourth-order valence-corrected chi connectivity index (χ4v) is 4.15.